The maximum absolute atomic E-state index is 11.1. The minimum absolute atomic E-state index is 0.114. The van der Waals surface area contributed by atoms with Gasteiger partial charge < -0.3 is 19.9 Å². The normalized spacial score (nSPS) is 26.4. The van der Waals surface area contributed by atoms with Crippen LogP contribution in [0.15, 0.2) is 54.6 Å². The summed E-state index contributed by atoms with van der Waals surface area (Å²) < 4.78 is 11.7. The fourth-order valence-electron chi connectivity index (χ4n) is 3.24. The first-order valence-electron chi connectivity index (χ1n) is 9.01. The van der Waals surface area contributed by atoms with E-state index in [9.17, 15) is 5.11 Å². The molecule has 1 heterocycles. The second-order valence-electron chi connectivity index (χ2n) is 6.72. The van der Waals surface area contributed by atoms with Crippen LogP contribution in [0.1, 0.15) is 37.8 Å². The zero-order valence-electron chi connectivity index (χ0n) is 14.9. The molecule has 0 bridgehead atoms. The van der Waals surface area contributed by atoms with Crippen molar-refractivity contribution in [3.8, 4) is 5.75 Å². The number of benzene rings is 2. The first-order valence-corrected chi connectivity index (χ1v) is 9.01. The van der Waals surface area contributed by atoms with Gasteiger partial charge in [-0.3, -0.25) is 0 Å². The van der Waals surface area contributed by atoms with Crippen molar-refractivity contribution in [2.24, 2.45) is 0 Å². The lowest BCUT2D eigenvalue weighted by Gasteiger charge is -2.43. The SMILES string of the molecule is CCC[C@@H]1N[C@H](C)CO[C@@]1(O)c1ccc(OCc2ccccc2)cc1. The van der Waals surface area contributed by atoms with E-state index in [1.54, 1.807) is 0 Å². The van der Waals surface area contributed by atoms with Gasteiger partial charge >= 0.3 is 0 Å². The van der Waals surface area contributed by atoms with Crippen molar-refractivity contribution in [2.45, 2.75) is 51.2 Å². The van der Waals surface area contributed by atoms with E-state index in [4.69, 9.17) is 9.47 Å². The Hall–Kier alpha value is -1.88. The molecule has 134 valence electrons. The van der Waals surface area contributed by atoms with Crippen LogP contribution in [0.25, 0.3) is 0 Å². The van der Waals surface area contributed by atoms with Crippen LogP contribution in [-0.4, -0.2) is 23.8 Å². The van der Waals surface area contributed by atoms with E-state index in [0.717, 1.165) is 29.7 Å². The molecule has 0 unspecified atom stereocenters. The highest BCUT2D eigenvalue weighted by Crippen LogP contribution is 2.33. The van der Waals surface area contributed by atoms with E-state index >= 15 is 0 Å². The van der Waals surface area contributed by atoms with E-state index in [-0.39, 0.29) is 12.1 Å². The summed E-state index contributed by atoms with van der Waals surface area (Å²) in [5, 5.41) is 14.6. The highest BCUT2D eigenvalue weighted by atomic mass is 16.6. The first kappa shape index (κ1) is 17.9. The van der Waals surface area contributed by atoms with E-state index in [1.807, 2.05) is 54.6 Å². The zero-order valence-corrected chi connectivity index (χ0v) is 14.9. The molecule has 4 heteroatoms. The van der Waals surface area contributed by atoms with Gasteiger partial charge in [-0.05, 0) is 43.2 Å². The zero-order chi connectivity index (χ0) is 17.7. The molecule has 3 rings (SSSR count). The number of aliphatic hydroxyl groups is 1. The highest BCUT2D eigenvalue weighted by Gasteiger charge is 2.43. The summed E-state index contributed by atoms with van der Waals surface area (Å²) >= 11 is 0. The van der Waals surface area contributed by atoms with Crippen LogP contribution in [0, 0.1) is 0 Å². The van der Waals surface area contributed by atoms with Crippen molar-refractivity contribution in [3.63, 3.8) is 0 Å². The summed E-state index contributed by atoms with van der Waals surface area (Å²) in [5.74, 6) is -0.513. The summed E-state index contributed by atoms with van der Waals surface area (Å²) in [6.45, 7) is 5.20. The molecule has 2 aromatic carbocycles. The van der Waals surface area contributed by atoms with Crippen LogP contribution >= 0.6 is 0 Å². The molecule has 3 atom stereocenters. The number of hydrogen-bond donors (Lipinski definition) is 2. The van der Waals surface area contributed by atoms with Crippen LogP contribution in [0.4, 0.5) is 0 Å². The first-order chi connectivity index (χ1) is 12.1. The predicted octanol–water partition coefficient (Wildman–Crippen LogP) is 3.59. The molecule has 2 N–H and O–H groups in total. The van der Waals surface area contributed by atoms with Crippen molar-refractivity contribution in [1.29, 1.82) is 0 Å². The Morgan fingerprint density at radius 1 is 1.16 bits per heavy atom. The van der Waals surface area contributed by atoms with Crippen LogP contribution in [-0.2, 0) is 17.1 Å². The average Bonchev–Trinajstić information content (AvgIpc) is 2.65. The summed E-state index contributed by atoms with van der Waals surface area (Å²) in [6.07, 6.45) is 1.83. The average molecular weight is 341 g/mol. The Labute approximate surface area is 149 Å². The van der Waals surface area contributed by atoms with Crippen LogP contribution in [0.3, 0.4) is 0 Å². The van der Waals surface area contributed by atoms with Gasteiger partial charge in [0.1, 0.15) is 12.4 Å². The van der Waals surface area contributed by atoms with Crippen molar-refractivity contribution in [2.75, 3.05) is 6.61 Å². The maximum Gasteiger partial charge on any atom is 0.208 e. The molecule has 1 aliphatic heterocycles. The Morgan fingerprint density at radius 2 is 1.88 bits per heavy atom. The van der Waals surface area contributed by atoms with Crippen molar-refractivity contribution < 1.29 is 14.6 Å². The van der Waals surface area contributed by atoms with Crippen molar-refractivity contribution in [1.82, 2.24) is 5.32 Å². The maximum atomic E-state index is 11.1. The van der Waals surface area contributed by atoms with Gasteiger partial charge in [0.05, 0.1) is 12.6 Å². The Morgan fingerprint density at radius 3 is 2.56 bits per heavy atom. The van der Waals surface area contributed by atoms with Gasteiger partial charge in [0.15, 0.2) is 0 Å². The quantitative estimate of drug-likeness (QED) is 0.843. The summed E-state index contributed by atoms with van der Waals surface area (Å²) in [5.41, 5.74) is 1.89. The molecule has 2 aromatic rings. The second kappa shape index (κ2) is 8.00. The molecule has 0 radical (unpaired) electrons. The molecule has 0 aliphatic carbocycles. The summed E-state index contributed by atoms with van der Waals surface area (Å²) in [4.78, 5) is 0. The topological polar surface area (TPSA) is 50.7 Å². The van der Waals surface area contributed by atoms with Gasteiger partial charge in [0.2, 0.25) is 5.79 Å². The van der Waals surface area contributed by atoms with Gasteiger partial charge in [-0.2, -0.15) is 0 Å². The Bertz CT molecular complexity index is 659. The Balaban J connectivity index is 1.70. The van der Waals surface area contributed by atoms with E-state index in [0.29, 0.717) is 13.2 Å². The van der Waals surface area contributed by atoms with Crippen LogP contribution in [0.2, 0.25) is 0 Å². The van der Waals surface area contributed by atoms with Gasteiger partial charge in [-0.25, -0.2) is 0 Å². The molecule has 0 saturated carbocycles. The van der Waals surface area contributed by atoms with Gasteiger partial charge in [-0.15, -0.1) is 0 Å². The molecule has 4 nitrogen and oxygen atoms in total. The van der Waals surface area contributed by atoms with Crippen molar-refractivity contribution in [3.05, 3.63) is 65.7 Å². The van der Waals surface area contributed by atoms with Gasteiger partial charge in [0.25, 0.3) is 0 Å². The molecule has 25 heavy (non-hydrogen) atoms. The summed E-state index contributed by atoms with van der Waals surface area (Å²) in [7, 11) is 0. The third-order valence-electron chi connectivity index (χ3n) is 4.61. The van der Waals surface area contributed by atoms with Crippen LogP contribution in [0.5, 0.6) is 5.75 Å². The minimum Gasteiger partial charge on any atom is -0.489 e. The third kappa shape index (κ3) is 4.21. The largest absolute Gasteiger partial charge is 0.489 e. The molecular formula is C21H27NO3. The lowest BCUT2D eigenvalue weighted by atomic mass is 9.92. The fourth-order valence-corrected chi connectivity index (χ4v) is 3.24. The standard InChI is InChI=1S/C21H27NO3/c1-3-7-20-21(23,25-14-16(2)22-20)18-10-12-19(13-11-18)24-15-17-8-5-4-6-9-17/h4-6,8-13,16,20,22-23H,3,7,14-15H2,1-2H3/t16-,20+,21+/m1/s1. The van der Waals surface area contributed by atoms with E-state index < -0.39 is 5.79 Å². The summed E-state index contributed by atoms with van der Waals surface area (Å²) in [6, 6.07) is 17.7. The number of ether oxygens (including phenoxy) is 2. The van der Waals surface area contributed by atoms with E-state index in [1.165, 1.54) is 0 Å². The lowest BCUT2D eigenvalue weighted by molar-refractivity contribution is -0.257. The molecule has 0 amide bonds. The van der Waals surface area contributed by atoms with Crippen LogP contribution < -0.4 is 10.1 Å². The molecule has 0 spiro atoms. The minimum atomic E-state index is -1.29. The predicted molar refractivity (Wildman–Crippen MR) is 98.4 cm³/mol. The Kier molecular flexibility index (Phi) is 5.74. The van der Waals surface area contributed by atoms with Crippen molar-refractivity contribution >= 4 is 0 Å². The molecule has 1 saturated heterocycles. The third-order valence-corrected chi connectivity index (χ3v) is 4.61. The number of hydrogen-bond acceptors (Lipinski definition) is 4. The lowest BCUT2D eigenvalue weighted by Crippen LogP contribution is -2.59. The molecular weight excluding hydrogens is 314 g/mol. The smallest absolute Gasteiger partial charge is 0.208 e. The van der Waals surface area contributed by atoms with Gasteiger partial charge in [0, 0.05) is 11.6 Å². The van der Waals surface area contributed by atoms with E-state index in [2.05, 4.69) is 19.2 Å². The number of morpholine rings is 1. The second-order valence-corrected chi connectivity index (χ2v) is 6.72. The molecule has 1 aliphatic rings. The fraction of sp³-hybridized carbons (Fsp3) is 0.429. The number of rotatable bonds is 6. The monoisotopic (exact) mass is 341 g/mol. The molecule has 0 aromatic heterocycles. The number of nitrogens with one attached hydrogen (secondary N) is 1. The van der Waals surface area contributed by atoms with Gasteiger partial charge in [-0.1, -0.05) is 43.7 Å². The highest BCUT2D eigenvalue weighted by molar-refractivity contribution is 5.31. The molecule has 1 fully saturated rings.